The van der Waals surface area contributed by atoms with Crippen LogP contribution >= 0.6 is 11.6 Å². The summed E-state index contributed by atoms with van der Waals surface area (Å²) in [4.78, 5) is 16.3. The average molecular weight is 372 g/mol. The Hall–Kier alpha value is -2.86. The summed E-state index contributed by atoms with van der Waals surface area (Å²) in [7, 11) is 0. The number of amides is 1. The molecule has 26 heavy (non-hydrogen) atoms. The van der Waals surface area contributed by atoms with Gasteiger partial charge in [-0.15, -0.1) is 0 Å². The first kappa shape index (κ1) is 17.9. The van der Waals surface area contributed by atoms with Crippen LogP contribution < -0.4 is 10.1 Å². The van der Waals surface area contributed by atoms with E-state index in [1.807, 2.05) is 30.3 Å². The number of hydrogen-bond acceptors (Lipinski definition) is 5. The largest absolute Gasteiger partial charge is 0.473 e. The molecule has 0 spiro atoms. The number of aryl methyl sites for hydroxylation is 1. The number of carbonyl (C=O) groups is 1. The first-order valence-corrected chi connectivity index (χ1v) is 8.53. The molecule has 2 aromatic heterocycles. The molecule has 2 heterocycles. The maximum atomic E-state index is 12.1. The Bertz CT molecular complexity index is 844. The van der Waals surface area contributed by atoms with E-state index in [1.165, 1.54) is 0 Å². The predicted molar refractivity (Wildman–Crippen MR) is 98.2 cm³/mol. The first-order valence-electron chi connectivity index (χ1n) is 8.15. The molecular formula is C19H18ClN3O3. The van der Waals surface area contributed by atoms with E-state index in [4.69, 9.17) is 20.9 Å². The third-order valence-electron chi connectivity index (χ3n) is 3.79. The van der Waals surface area contributed by atoms with Crippen LogP contribution in [0.15, 0.2) is 53.2 Å². The third kappa shape index (κ3) is 4.83. The summed E-state index contributed by atoms with van der Waals surface area (Å²) in [6.07, 6.45) is 2.30. The van der Waals surface area contributed by atoms with Crippen molar-refractivity contribution in [2.75, 3.05) is 5.32 Å². The molecule has 6 nitrogen and oxygen atoms in total. The first-order chi connectivity index (χ1) is 12.6. The second kappa shape index (κ2) is 8.49. The van der Waals surface area contributed by atoms with E-state index in [0.717, 1.165) is 11.1 Å². The van der Waals surface area contributed by atoms with Crippen LogP contribution in [-0.2, 0) is 17.8 Å². The zero-order valence-corrected chi connectivity index (χ0v) is 15.0. The van der Waals surface area contributed by atoms with Crippen molar-refractivity contribution >= 4 is 23.2 Å². The normalized spacial score (nSPS) is 10.5. The lowest BCUT2D eigenvalue weighted by molar-refractivity contribution is -0.116. The van der Waals surface area contributed by atoms with Gasteiger partial charge in [0.1, 0.15) is 6.61 Å². The number of rotatable bonds is 7. The van der Waals surface area contributed by atoms with Crippen molar-refractivity contribution in [1.29, 1.82) is 0 Å². The van der Waals surface area contributed by atoms with Gasteiger partial charge in [0.2, 0.25) is 17.0 Å². The molecule has 134 valence electrons. The molecule has 0 radical (unpaired) electrons. The second-order valence-electron chi connectivity index (χ2n) is 5.73. The molecule has 0 aliphatic rings. The number of carbonyl (C=O) groups excluding carboxylic acids is 1. The Kier molecular flexibility index (Phi) is 5.86. The standard InChI is InChI=1S/C19H18ClN3O3/c1-13-16(19(20)26-23-13)8-9-17(24)22-15-7-10-18(21-11-15)25-12-14-5-3-2-4-6-14/h2-7,10-11H,8-9,12H2,1H3,(H,22,24). The number of hydrogen-bond donors (Lipinski definition) is 1. The summed E-state index contributed by atoms with van der Waals surface area (Å²) >= 11 is 5.90. The molecule has 3 aromatic rings. The lowest BCUT2D eigenvalue weighted by Crippen LogP contribution is -2.12. The third-order valence-corrected chi connectivity index (χ3v) is 4.09. The second-order valence-corrected chi connectivity index (χ2v) is 6.07. The highest BCUT2D eigenvalue weighted by Crippen LogP contribution is 2.21. The summed E-state index contributed by atoms with van der Waals surface area (Å²) in [5, 5.41) is 6.79. The van der Waals surface area contributed by atoms with Gasteiger partial charge >= 0.3 is 0 Å². The average Bonchev–Trinajstić information content (AvgIpc) is 2.98. The van der Waals surface area contributed by atoms with Crippen molar-refractivity contribution in [3.63, 3.8) is 0 Å². The van der Waals surface area contributed by atoms with Crippen molar-refractivity contribution in [1.82, 2.24) is 10.1 Å². The fraction of sp³-hybridized carbons (Fsp3) is 0.211. The zero-order chi connectivity index (χ0) is 18.4. The van der Waals surface area contributed by atoms with Gasteiger partial charge in [-0.1, -0.05) is 35.5 Å². The summed E-state index contributed by atoms with van der Waals surface area (Å²) < 4.78 is 10.5. The number of pyridine rings is 1. The van der Waals surface area contributed by atoms with Crippen molar-refractivity contribution < 1.29 is 14.1 Å². The fourth-order valence-electron chi connectivity index (χ4n) is 2.37. The lowest BCUT2D eigenvalue weighted by Gasteiger charge is -2.07. The van der Waals surface area contributed by atoms with E-state index in [0.29, 0.717) is 30.3 Å². The molecule has 1 N–H and O–H groups in total. The van der Waals surface area contributed by atoms with Gasteiger partial charge in [-0.2, -0.15) is 0 Å². The Balaban J connectivity index is 1.48. The predicted octanol–water partition coefficient (Wildman–Crippen LogP) is 4.18. The molecule has 1 aromatic carbocycles. The fourth-order valence-corrected chi connectivity index (χ4v) is 2.64. The maximum Gasteiger partial charge on any atom is 0.229 e. The highest BCUT2D eigenvalue weighted by atomic mass is 35.5. The monoisotopic (exact) mass is 371 g/mol. The van der Waals surface area contributed by atoms with Crippen LogP contribution in [0.5, 0.6) is 5.88 Å². The minimum atomic E-state index is -0.138. The van der Waals surface area contributed by atoms with Crippen LogP contribution in [0.1, 0.15) is 23.2 Å². The number of aromatic nitrogens is 2. The van der Waals surface area contributed by atoms with Gasteiger partial charge in [0.25, 0.3) is 0 Å². The van der Waals surface area contributed by atoms with Gasteiger partial charge in [0.05, 0.1) is 17.6 Å². The number of halogens is 1. The molecule has 0 bridgehead atoms. The molecule has 0 unspecified atom stereocenters. The molecule has 7 heteroatoms. The molecule has 0 aliphatic heterocycles. The summed E-state index contributed by atoms with van der Waals surface area (Å²) in [5.74, 6) is 0.361. The quantitative estimate of drug-likeness (QED) is 0.674. The number of anilines is 1. The number of ether oxygens (including phenoxy) is 1. The van der Waals surface area contributed by atoms with Crippen LogP contribution in [0, 0.1) is 6.92 Å². The Morgan fingerprint density at radius 2 is 2.04 bits per heavy atom. The topological polar surface area (TPSA) is 77.2 Å². The smallest absolute Gasteiger partial charge is 0.229 e. The van der Waals surface area contributed by atoms with Crippen LogP contribution in [0.2, 0.25) is 5.22 Å². The number of nitrogens with zero attached hydrogens (tertiary/aromatic N) is 2. The zero-order valence-electron chi connectivity index (χ0n) is 14.2. The Morgan fingerprint density at radius 3 is 2.69 bits per heavy atom. The van der Waals surface area contributed by atoms with E-state index in [2.05, 4.69) is 15.5 Å². The summed E-state index contributed by atoms with van der Waals surface area (Å²) in [6.45, 7) is 2.24. The highest BCUT2D eigenvalue weighted by Gasteiger charge is 2.13. The lowest BCUT2D eigenvalue weighted by atomic mass is 10.1. The molecule has 0 atom stereocenters. The van der Waals surface area contributed by atoms with Crippen molar-refractivity contribution in [3.8, 4) is 5.88 Å². The maximum absolute atomic E-state index is 12.1. The van der Waals surface area contributed by atoms with E-state index in [9.17, 15) is 4.79 Å². The molecule has 0 fully saturated rings. The summed E-state index contributed by atoms with van der Waals surface area (Å²) in [5.41, 5.74) is 3.12. The van der Waals surface area contributed by atoms with Crippen molar-refractivity contribution in [2.24, 2.45) is 0 Å². The van der Waals surface area contributed by atoms with Crippen LogP contribution in [-0.4, -0.2) is 16.0 Å². The van der Waals surface area contributed by atoms with Gasteiger partial charge in [-0.3, -0.25) is 4.79 Å². The molecule has 3 rings (SSSR count). The van der Waals surface area contributed by atoms with E-state index in [1.54, 1.807) is 25.3 Å². The van der Waals surface area contributed by atoms with Crippen LogP contribution in [0.4, 0.5) is 5.69 Å². The van der Waals surface area contributed by atoms with Crippen molar-refractivity contribution in [3.05, 3.63) is 70.7 Å². The molecule has 0 saturated carbocycles. The van der Waals surface area contributed by atoms with E-state index in [-0.39, 0.29) is 17.5 Å². The van der Waals surface area contributed by atoms with Gasteiger partial charge in [0, 0.05) is 18.1 Å². The van der Waals surface area contributed by atoms with Crippen LogP contribution in [0.3, 0.4) is 0 Å². The van der Waals surface area contributed by atoms with Gasteiger partial charge in [0.15, 0.2) is 0 Å². The summed E-state index contributed by atoms with van der Waals surface area (Å²) in [6, 6.07) is 13.3. The van der Waals surface area contributed by atoms with Crippen molar-refractivity contribution in [2.45, 2.75) is 26.4 Å². The van der Waals surface area contributed by atoms with Gasteiger partial charge in [-0.05, 0) is 36.6 Å². The van der Waals surface area contributed by atoms with E-state index >= 15 is 0 Å². The van der Waals surface area contributed by atoms with Gasteiger partial charge in [-0.25, -0.2) is 4.98 Å². The molecular weight excluding hydrogens is 354 g/mol. The van der Waals surface area contributed by atoms with Crippen LogP contribution in [0.25, 0.3) is 0 Å². The SMILES string of the molecule is Cc1noc(Cl)c1CCC(=O)Nc1ccc(OCc2ccccc2)nc1. The molecule has 0 aliphatic carbocycles. The molecule has 0 saturated heterocycles. The Morgan fingerprint density at radius 1 is 1.23 bits per heavy atom. The number of benzene rings is 1. The minimum absolute atomic E-state index is 0.138. The minimum Gasteiger partial charge on any atom is -0.473 e. The van der Waals surface area contributed by atoms with E-state index < -0.39 is 0 Å². The number of nitrogens with one attached hydrogen (secondary N) is 1. The highest BCUT2D eigenvalue weighted by molar-refractivity contribution is 6.29. The molecule has 1 amide bonds. The Labute approximate surface area is 156 Å². The van der Waals surface area contributed by atoms with Gasteiger partial charge < -0.3 is 14.6 Å².